The summed E-state index contributed by atoms with van der Waals surface area (Å²) < 4.78 is 28.5. The first-order valence-electron chi connectivity index (χ1n) is 20.5. The highest BCUT2D eigenvalue weighted by atomic mass is 28.3. The molecule has 2 aromatic heterocycles. The summed E-state index contributed by atoms with van der Waals surface area (Å²) in [5, 5.41) is 0. The molecule has 0 aliphatic carbocycles. The molecule has 2 fully saturated rings. The van der Waals surface area contributed by atoms with Gasteiger partial charge in [0.05, 0.1) is 35.9 Å². The second kappa shape index (κ2) is 17.6. The SMILES string of the molecule is CC(C)(C)OC(=O)N1CCC[C@H]1c1ncc(-c2ccc(-c3cnc([C@@H]4CCCN4C(=O)OC(C)(C)C)n3COCC[Si](C)(C)C)cc2)n1COCC[Si](C)(C)C. The minimum atomic E-state index is -1.29. The smallest absolute Gasteiger partial charge is 0.410 e. The molecule has 2 atom stereocenters. The Morgan fingerprint density at radius 2 is 1.00 bits per heavy atom. The summed E-state index contributed by atoms with van der Waals surface area (Å²) in [5.74, 6) is 1.62. The number of likely N-dealkylation sites (tertiary alicyclic amines) is 2. The number of benzene rings is 1. The monoisotopic (exact) mass is 808 g/mol. The number of nitrogens with zero attached hydrogens (tertiary/aromatic N) is 6. The number of rotatable bonds is 14. The zero-order chi connectivity index (χ0) is 41.1. The van der Waals surface area contributed by atoms with Crippen LogP contribution < -0.4 is 0 Å². The molecule has 14 heteroatoms. The molecule has 2 aliphatic rings. The summed E-state index contributed by atoms with van der Waals surface area (Å²) in [7, 11) is -2.59. The molecule has 4 heterocycles. The fraction of sp³-hybridized carbons (Fsp3) is 0.667. The average molecular weight is 809 g/mol. The lowest BCUT2D eigenvalue weighted by Gasteiger charge is -2.29. The summed E-state index contributed by atoms with van der Waals surface area (Å²) >= 11 is 0. The Hall–Kier alpha value is -3.47. The maximum Gasteiger partial charge on any atom is 0.410 e. The van der Waals surface area contributed by atoms with Gasteiger partial charge in [0.15, 0.2) is 0 Å². The van der Waals surface area contributed by atoms with Gasteiger partial charge in [-0.05, 0) is 90.4 Å². The van der Waals surface area contributed by atoms with Crippen molar-refractivity contribution in [2.45, 2.75) is 155 Å². The minimum absolute atomic E-state index is 0.206. The maximum atomic E-state index is 13.3. The van der Waals surface area contributed by atoms with Gasteiger partial charge < -0.3 is 28.1 Å². The molecule has 2 aliphatic heterocycles. The van der Waals surface area contributed by atoms with Crippen LogP contribution in [0.15, 0.2) is 36.7 Å². The highest BCUT2D eigenvalue weighted by Crippen LogP contribution is 2.38. The van der Waals surface area contributed by atoms with Crippen LogP contribution >= 0.6 is 0 Å². The first-order valence-corrected chi connectivity index (χ1v) is 27.9. The van der Waals surface area contributed by atoms with E-state index < -0.39 is 27.3 Å². The average Bonchev–Trinajstić information content (AvgIpc) is 3.88. The van der Waals surface area contributed by atoms with Crippen molar-refractivity contribution in [3.8, 4) is 22.5 Å². The summed E-state index contributed by atoms with van der Waals surface area (Å²) in [4.78, 5) is 40.2. The van der Waals surface area contributed by atoms with Gasteiger partial charge in [-0.25, -0.2) is 19.6 Å². The van der Waals surface area contributed by atoms with Crippen molar-refractivity contribution in [1.29, 1.82) is 0 Å². The fourth-order valence-corrected chi connectivity index (χ4v) is 8.59. The van der Waals surface area contributed by atoms with Crippen LogP contribution in [0.5, 0.6) is 0 Å². The first kappa shape index (κ1) is 43.7. The van der Waals surface area contributed by atoms with Crippen LogP contribution in [0.2, 0.25) is 51.4 Å². The van der Waals surface area contributed by atoms with E-state index in [-0.39, 0.29) is 24.3 Å². The summed E-state index contributed by atoms with van der Waals surface area (Å²) in [6, 6.07) is 10.2. The Morgan fingerprint density at radius 3 is 1.32 bits per heavy atom. The van der Waals surface area contributed by atoms with Gasteiger partial charge in [-0.2, -0.15) is 0 Å². The lowest BCUT2D eigenvalue weighted by molar-refractivity contribution is 0.0195. The molecule has 0 unspecified atom stereocenters. The number of amides is 2. The molecule has 12 nitrogen and oxygen atoms in total. The number of carbonyl (C=O) groups excluding carboxylic acids is 2. The predicted molar refractivity (Wildman–Crippen MR) is 227 cm³/mol. The second-order valence-corrected chi connectivity index (χ2v) is 31.0. The third-order valence-electron chi connectivity index (χ3n) is 10.0. The third kappa shape index (κ3) is 11.8. The van der Waals surface area contributed by atoms with Gasteiger partial charge in [-0.1, -0.05) is 63.5 Å². The van der Waals surface area contributed by atoms with Gasteiger partial charge in [0.1, 0.15) is 36.3 Å². The largest absolute Gasteiger partial charge is 0.444 e. The normalized spacial score (nSPS) is 18.2. The molecule has 0 N–H and O–H groups in total. The summed E-state index contributed by atoms with van der Waals surface area (Å²) in [5.41, 5.74) is 2.67. The highest BCUT2D eigenvalue weighted by Gasteiger charge is 2.38. The van der Waals surface area contributed by atoms with Crippen molar-refractivity contribution in [2.24, 2.45) is 0 Å². The lowest BCUT2D eigenvalue weighted by atomic mass is 10.1. The Morgan fingerprint density at radius 1 is 0.643 bits per heavy atom. The van der Waals surface area contributed by atoms with E-state index in [9.17, 15) is 9.59 Å². The molecule has 0 radical (unpaired) electrons. The fourth-order valence-electron chi connectivity index (χ4n) is 7.07. The van der Waals surface area contributed by atoms with Gasteiger partial charge in [-0.15, -0.1) is 0 Å². The van der Waals surface area contributed by atoms with Crippen LogP contribution in [0.3, 0.4) is 0 Å². The van der Waals surface area contributed by atoms with Crippen molar-refractivity contribution in [1.82, 2.24) is 28.9 Å². The van der Waals surface area contributed by atoms with Crippen LogP contribution in [-0.4, -0.2) is 94.7 Å². The van der Waals surface area contributed by atoms with Crippen LogP contribution in [0, 0.1) is 0 Å². The summed E-state index contributed by atoms with van der Waals surface area (Å²) in [6.45, 7) is 28.8. The quantitative estimate of drug-likeness (QED) is 0.117. The molecule has 0 bridgehead atoms. The van der Waals surface area contributed by atoms with E-state index in [0.29, 0.717) is 39.8 Å². The molecule has 310 valence electrons. The van der Waals surface area contributed by atoms with Crippen molar-refractivity contribution in [3.63, 3.8) is 0 Å². The third-order valence-corrected chi connectivity index (χ3v) is 13.4. The molecule has 3 aromatic rings. The van der Waals surface area contributed by atoms with E-state index in [0.717, 1.165) is 71.9 Å². The molecule has 2 saturated heterocycles. The number of hydrogen-bond donors (Lipinski definition) is 0. The maximum absolute atomic E-state index is 13.3. The standard InChI is InChI=1S/C42H68N6O6Si2/c1-41(2,3)53-39(49)45-21-13-15-33(45)37-43-27-35(47(37)29-51-23-25-55(7,8)9)31-17-19-32(20-18-31)36-28-44-38(48(36)30-52-24-26-56(10,11)12)34-16-14-22-46(34)40(50)54-42(4,5)6/h17-20,27-28,33-34H,13-16,21-26,29-30H2,1-12H3/t33-,34-/m0/s1. The Balaban J connectivity index is 1.46. The molecule has 5 rings (SSSR count). The zero-order valence-electron chi connectivity index (χ0n) is 36.2. The van der Waals surface area contributed by atoms with E-state index in [1.807, 2.05) is 63.7 Å². The Labute approximate surface area is 337 Å². The molecule has 1 aromatic carbocycles. The zero-order valence-corrected chi connectivity index (χ0v) is 38.2. The number of imidazole rings is 2. The highest BCUT2D eigenvalue weighted by molar-refractivity contribution is 6.76. The van der Waals surface area contributed by atoms with E-state index in [1.54, 1.807) is 0 Å². The first-order chi connectivity index (χ1) is 26.1. The van der Waals surface area contributed by atoms with Crippen molar-refractivity contribution >= 4 is 28.3 Å². The van der Waals surface area contributed by atoms with Crippen LogP contribution in [0.4, 0.5) is 9.59 Å². The van der Waals surface area contributed by atoms with Crippen LogP contribution in [0.25, 0.3) is 22.5 Å². The van der Waals surface area contributed by atoms with Gasteiger partial charge in [0.2, 0.25) is 0 Å². The molecular weight excluding hydrogens is 741 g/mol. The van der Waals surface area contributed by atoms with Crippen LogP contribution in [-0.2, 0) is 32.4 Å². The van der Waals surface area contributed by atoms with Crippen molar-refractivity contribution < 1.29 is 28.5 Å². The number of hydrogen-bond acceptors (Lipinski definition) is 8. The van der Waals surface area contributed by atoms with E-state index in [1.165, 1.54) is 0 Å². The topological polar surface area (TPSA) is 113 Å². The molecule has 56 heavy (non-hydrogen) atoms. The molecule has 2 amide bonds. The second-order valence-electron chi connectivity index (χ2n) is 19.8. The number of ether oxygens (including phenoxy) is 4. The predicted octanol–water partition coefficient (Wildman–Crippen LogP) is 10.2. The van der Waals surface area contributed by atoms with Crippen molar-refractivity contribution in [2.75, 3.05) is 26.3 Å². The lowest BCUT2D eigenvalue weighted by Crippen LogP contribution is -2.37. The minimum Gasteiger partial charge on any atom is -0.444 e. The molecule has 0 saturated carbocycles. The van der Waals surface area contributed by atoms with E-state index >= 15 is 0 Å². The van der Waals surface area contributed by atoms with Gasteiger partial charge in [0, 0.05) is 42.5 Å². The van der Waals surface area contributed by atoms with Crippen molar-refractivity contribution in [3.05, 3.63) is 48.3 Å². The number of carbonyl (C=O) groups is 2. The van der Waals surface area contributed by atoms with Gasteiger partial charge in [0.25, 0.3) is 0 Å². The van der Waals surface area contributed by atoms with E-state index in [2.05, 4.69) is 72.7 Å². The molecular formula is C42H68N6O6Si2. The Bertz CT molecular complexity index is 1650. The number of aromatic nitrogens is 4. The van der Waals surface area contributed by atoms with E-state index in [4.69, 9.17) is 28.9 Å². The van der Waals surface area contributed by atoms with Gasteiger partial charge >= 0.3 is 12.2 Å². The van der Waals surface area contributed by atoms with Crippen LogP contribution in [0.1, 0.15) is 91.0 Å². The molecule has 0 spiro atoms. The Kier molecular flexibility index (Phi) is 13.7. The van der Waals surface area contributed by atoms with Gasteiger partial charge in [-0.3, -0.25) is 9.80 Å². The summed E-state index contributed by atoms with van der Waals surface area (Å²) in [6.07, 6.45) is 6.55.